The lowest BCUT2D eigenvalue weighted by atomic mass is 9.94. The third-order valence-electron chi connectivity index (χ3n) is 4.47. The van der Waals surface area contributed by atoms with Gasteiger partial charge in [-0.2, -0.15) is 5.10 Å². The second-order valence-electron chi connectivity index (χ2n) is 6.85. The Morgan fingerprint density at radius 2 is 1.85 bits per heavy atom. The fourth-order valence-electron chi connectivity index (χ4n) is 3.02. The van der Waals surface area contributed by atoms with Gasteiger partial charge in [0.15, 0.2) is 11.5 Å². The van der Waals surface area contributed by atoms with Gasteiger partial charge in [-0.3, -0.25) is 4.79 Å². The van der Waals surface area contributed by atoms with Crippen LogP contribution in [0, 0.1) is 5.82 Å². The van der Waals surface area contributed by atoms with Crippen LogP contribution in [0.4, 0.5) is 4.39 Å². The number of nitrogens with zero attached hydrogens (tertiary/aromatic N) is 2. The van der Waals surface area contributed by atoms with Gasteiger partial charge in [-0.15, -0.1) is 0 Å². The minimum atomic E-state index is -0.636. The van der Waals surface area contributed by atoms with E-state index in [1.54, 1.807) is 20.3 Å². The molecule has 2 aromatic carbocycles. The maximum absolute atomic E-state index is 13.8. The Morgan fingerprint density at radius 3 is 2.48 bits per heavy atom. The van der Waals surface area contributed by atoms with Crippen molar-refractivity contribution < 1.29 is 18.7 Å². The number of rotatable bonds is 4. The predicted molar refractivity (Wildman–Crippen MR) is 102 cm³/mol. The zero-order valence-corrected chi connectivity index (χ0v) is 16.3. The summed E-state index contributed by atoms with van der Waals surface area (Å²) in [4.78, 5) is 12.9. The van der Waals surface area contributed by atoms with Gasteiger partial charge in [0.25, 0.3) is 5.91 Å². The van der Waals surface area contributed by atoms with Gasteiger partial charge in [-0.25, -0.2) is 9.40 Å². The first-order valence-corrected chi connectivity index (χ1v) is 8.74. The number of amides is 1. The molecule has 5 nitrogen and oxygen atoms in total. The van der Waals surface area contributed by atoms with Gasteiger partial charge in [0.2, 0.25) is 0 Å². The summed E-state index contributed by atoms with van der Waals surface area (Å²) >= 11 is 5.71. The third-order valence-corrected chi connectivity index (χ3v) is 4.78. The van der Waals surface area contributed by atoms with E-state index in [4.69, 9.17) is 21.1 Å². The van der Waals surface area contributed by atoms with Crippen molar-refractivity contribution in [3.8, 4) is 11.5 Å². The minimum absolute atomic E-state index is 0.0262. The molecule has 0 radical (unpaired) electrons. The van der Waals surface area contributed by atoms with Gasteiger partial charge < -0.3 is 9.47 Å². The highest BCUT2D eigenvalue weighted by molar-refractivity contribution is 6.30. The molecular weight excluding hydrogens is 371 g/mol. The molecule has 0 spiro atoms. The molecule has 0 N–H and O–H groups in total. The van der Waals surface area contributed by atoms with Crippen molar-refractivity contribution >= 4 is 23.2 Å². The lowest BCUT2D eigenvalue weighted by Crippen LogP contribution is -2.40. The summed E-state index contributed by atoms with van der Waals surface area (Å²) in [5.41, 5.74) is 1.21. The summed E-state index contributed by atoms with van der Waals surface area (Å²) in [6, 6.07) is 9.48. The molecule has 0 saturated carbocycles. The van der Waals surface area contributed by atoms with Crippen LogP contribution in [0.25, 0.3) is 0 Å². The molecule has 0 atom stereocenters. The van der Waals surface area contributed by atoms with Crippen molar-refractivity contribution in [1.82, 2.24) is 5.01 Å². The van der Waals surface area contributed by atoms with Crippen molar-refractivity contribution in [3.63, 3.8) is 0 Å². The Morgan fingerprint density at radius 1 is 1.15 bits per heavy atom. The predicted octanol–water partition coefficient (Wildman–Crippen LogP) is 4.53. The zero-order chi connectivity index (χ0) is 19.8. The number of ether oxygens (including phenoxy) is 2. The van der Waals surface area contributed by atoms with Gasteiger partial charge in [0, 0.05) is 17.5 Å². The van der Waals surface area contributed by atoms with E-state index in [0.29, 0.717) is 17.9 Å². The number of hydrogen-bond acceptors (Lipinski definition) is 4. The fraction of sp³-hybridized carbons (Fsp3) is 0.300. The van der Waals surface area contributed by atoms with Crippen LogP contribution >= 0.6 is 11.6 Å². The number of methoxy groups -OCH3 is 2. The second kappa shape index (κ2) is 7.19. The van der Waals surface area contributed by atoms with Crippen molar-refractivity contribution in [2.75, 3.05) is 14.2 Å². The Kier molecular flexibility index (Phi) is 5.11. The zero-order valence-electron chi connectivity index (χ0n) is 15.5. The Hall–Kier alpha value is -2.60. The van der Waals surface area contributed by atoms with E-state index in [-0.39, 0.29) is 16.5 Å². The number of halogens is 2. The lowest BCUT2D eigenvalue weighted by Gasteiger charge is -2.28. The van der Waals surface area contributed by atoms with Crippen LogP contribution in [-0.2, 0) is 0 Å². The average molecular weight is 391 g/mol. The highest BCUT2D eigenvalue weighted by atomic mass is 35.5. The van der Waals surface area contributed by atoms with Gasteiger partial charge >= 0.3 is 0 Å². The average Bonchev–Trinajstić information content (AvgIpc) is 2.98. The van der Waals surface area contributed by atoms with Gasteiger partial charge in [0.05, 0.1) is 30.5 Å². The summed E-state index contributed by atoms with van der Waals surface area (Å²) in [5, 5.41) is 5.88. The first kappa shape index (κ1) is 19.2. The summed E-state index contributed by atoms with van der Waals surface area (Å²) < 4.78 is 24.4. The summed E-state index contributed by atoms with van der Waals surface area (Å²) in [5.74, 6) is 0.179. The van der Waals surface area contributed by atoms with E-state index in [1.165, 1.54) is 17.1 Å². The van der Waals surface area contributed by atoms with Gasteiger partial charge in [0.1, 0.15) is 5.82 Å². The monoisotopic (exact) mass is 390 g/mol. The topological polar surface area (TPSA) is 51.1 Å². The highest BCUT2D eigenvalue weighted by Crippen LogP contribution is 2.34. The van der Waals surface area contributed by atoms with Crippen LogP contribution in [-0.4, -0.2) is 36.4 Å². The number of carbonyl (C=O) groups excluding carboxylic acids is 1. The Bertz CT molecular complexity index is 927. The molecule has 1 aliphatic heterocycles. The first-order valence-electron chi connectivity index (χ1n) is 8.36. The molecule has 0 aromatic heterocycles. The minimum Gasteiger partial charge on any atom is -0.493 e. The molecule has 0 bridgehead atoms. The quantitative estimate of drug-likeness (QED) is 0.770. The van der Waals surface area contributed by atoms with Crippen molar-refractivity contribution in [1.29, 1.82) is 0 Å². The molecule has 27 heavy (non-hydrogen) atoms. The fourth-order valence-corrected chi connectivity index (χ4v) is 3.14. The number of hydrazone groups is 1. The molecule has 1 heterocycles. The molecule has 1 amide bonds. The number of benzene rings is 2. The molecule has 0 aliphatic carbocycles. The van der Waals surface area contributed by atoms with E-state index < -0.39 is 11.4 Å². The van der Waals surface area contributed by atoms with E-state index >= 15 is 0 Å². The Balaban J connectivity index is 1.96. The molecule has 2 aromatic rings. The second-order valence-corrected chi connectivity index (χ2v) is 7.26. The Labute approximate surface area is 162 Å². The smallest absolute Gasteiger partial charge is 0.274 e. The van der Waals surface area contributed by atoms with Gasteiger partial charge in [-0.05, 0) is 50.2 Å². The molecule has 142 valence electrons. The molecule has 0 saturated heterocycles. The normalized spacial score (nSPS) is 15.5. The van der Waals surface area contributed by atoms with Gasteiger partial charge in [-0.1, -0.05) is 11.6 Å². The summed E-state index contributed by atoms with van der Waals surface area (Å²) in [7, 11) is 3.13. The van der Waals surface area contributed by atoms with Crippen molar-refractivity contribution in [2.24, 2.45) is 5.10 Å². The van der Waals surface area contributed by atoms with E-state index in [9.17, 15) is 9.18 Å². The summed E-state index contributed by atoms with van der Waals surface area (Å²) in [6.45, 7) is 3.82. The first-order chi connectivity index (χ1) is 12.8. The highest BCUT2D eigenvalue weighted by Gasteiger charge is 2.39. The third kappa shape index (κ3) is 3.62. The standard InChI is InChI=1S/C20H20ClFN2O3/c1-20(2)11-16(12-6-8-17(26-3)18(10-12)27-4)23-24(20)19(25)13-5-7-14(21)15(22)9-13/h5-10H,11H2,1-4H3. The largest absolute Gasteiger partial charge is 0.493 e. The van der Waals surface area contributed by atoms with Crippen molar-refractivity contribution in [3.05, 3.63) is 58.4 Å². The SMILES string of the molecule is COc1ccc(C2=NN(C(=O)c3ccc(Cl)c(F)c3)C(C)(C)C2)cc1OC. The van der Waals surface area contributed by atoms with Crippen LogP contribution in [0.2, 0.25) is 5.02 Å². The molecule has 0 unspecified atom stereocenters. The van der Waals surface area contributed by atoms with Crippen LogP contribution < -0.4 is 9.47 Å². The van der Waals surface area contributed by atoms with E-state index in [2.05, 4.69) is 5.10 Å². The maximum Gasteiger partial charge on any atom is 0.274 e. The molecule has 7 heteroatoms. The molecule has 3 rings (SSSR count). The summed E-state index contributed by atoms with van der Waals surface area (Å²) in [6.07, 6.45) is 0.546. The molecule has 0 fully saturated rings. The molecule has 1 aliphatic rings. The van der Waals surface area contributed by atoms with E-state index in [0.717, 1.165) is 17.3 Å². The van der Waals surface area contributed by atoms with Crippen molar-refractivity contribution in [2.45, 2.75) is 25.8 Å². The van der Waals surface area contributed by atoms with Crippen LogP contribution in [0.15, 0.2) is 41.5 Å². The maximum atomic E-state index is 13.8. The molecular formula is C20H20ClFN2O3. The van der Waals surface area contributed by atoms with Crippen LogP contribution in [0.3, 0.4) is 0 Å². The number of hydrogen-bond donors (Lipinski definition) is 0. The van der Waals surface area contributed by atoms with E-state index in [1.807, 2.05) is 26.0 Å². The lowest BCUT2D eigenvalue weighted by molar-refractivity contribution is 0.0612. The number of carbonyl (C=O) groups is 1. The van der Waals surface area contributed by atoms with Crippen LogP contribution in [0.1, 0.15) is 36.2 Å². The van der Waals surface area contributed by atoms with Crippen LogP contribution in [0.5, 0.6) is 11.5 Å².